The molecule has 6 rings (SSSR count). The van der Waals surface area contributed by atoms with Crippen molar-refractivity contribution < 1.29 is 38.2 Å². The second kappa shape index (κ2) is 19.1. The number of nitrogens with two attached hydrogens (primary N) is 2. The summed E-state index contributed by atoms with van der Waals surface area (Å²) in [5.74, 6) is -2.67. The lowest BCUT2D eigenvalue weighted by atomic mass is 9.81. The predicted octanol–water partition coefficient (Wildman–Crippen LogP) is 6.84. The first-order valence-electron chi connectivity index (χ1n) is 22.7. The summed E-state index contributed by atoms with van der Waals surface area (Å²) in [6.07, 6.45) is 1.88. The van der Waals surface area contributed by atoms with Crippen LogP contribution in [0.5, 0.6) is 0 Å². The minimum atomic E-state index is -1.41. The molecule has 65 heavy (non-hydrogen) atoms. The molecule has 0 saturated carbocycles. The molecule has 1 unspecified atom stereocenters. The third-order valence-electron chi connectivity index (χ3n) is 13.8. The molecule has 6 amide bonds. The number of methoxy groups -OCH3 is 2. The zero-order valence-electron chi connectivity index (χ0n) is 39.3. The van der Waals surface area contributed by atoms with Crippen molar-refractivity contribution in [2.24, 2.45) is 23.3 Å². The van der Waals surface area contributed by atoms with E-state index in [9.17, 15) is 28.8 Å². The first-order chi connectivity index (χ1) is 30.7. The second-order valence-electron chi connectivity index (χ2n) is 19.4. The maximum atomic E-state index is 14.1. The van der Waals surface area contributed by atoms with Gasteiger partial charge in [-0.25, -0.2) is 9.59 Å². The van der Waals surface area contributed by atoms with E-state index in [4.69, 9.17) is 20.9 Å². The number of hydrogen-bond donors (Lipinski definition) is 4. The molecule has 1 aliphatic carbocycles. The number of primary amides is 2. The topological polar surface area (TPSA) is 203 Å². The average molecular weight is 891 g/mol. The van der Waals surface area contributed by atoms with Crippen molar-refractivity contribution >= 4 is 47.0 Å². The van der Waals surface area contributed by atoms with E-state index >= 15 is 0 Å². The molecule has 3 aliphatic rings. The van der Waals surface area contributed by atoms with Crippen LogP contribution in [0.25, 0.3) is 11.1 Å². The minimum absolute atomic E-state index is 0.0326. The molecular weight excluding hydrogens is 825 g/mol. The van der Waals surface area contributed by atoms with Gasteiger partial charge >= 0.3 is 12.2 Å². The lowest BCUT2D eigenvalue weighted by Gasteiger charge is -2.39. The number of nitrogens with zero attached hydrogens (tertiary/aromatic N) is 2. The Morgan fingerprint density at radius 1 is 0.646 bits per heavy atom. The maximum absolute atomic E-state index is 14.1. The van der Waals surface area contributed by atoms with Crippen molar-refractivity contribution in [1.82, 2.24) is 20.4 Å². The average Bonchev–Trinajstić information content (AvgIpc) is 4.05. The van der Waals surface area contributed by atoms with Crippen LogP contribution in [-0.4, -0.2) is 85.0 Å². The lowest BCUT2D eigenvalue weighted by molar-refractivity contribution is -0.146. The van der Waals surface area contributed by atoms with Crippen LogP contribution in [-0.2, 0) is 45.1 Å². The zero-order valence-corrected chi connectivity index (χ0v) is 39.3. The van der Waals surface area contributed by atoms with E-state index in [1.54, 1.807) is 0 Å². The summed E-state index contributed by atoms with van der Waals surface area (Å²) in [7, 11) is 2.47. The molecule has 2 fully saturated rings. The van der Waals surface area contributed by atoms with Gasteiger partial charge in [-0.05, 0) is 100 Å². The van der Waals surface area contributed by atoms with Gasteiger partial charge in [-0.2, -0.15) is 0 Å². The Balaban J connectivity index is 1.39. The van der Waals surface area contributed by atoms with Gasteiger partial charge in [0.2, 0.25) is 23.6 Å². The van der Waals surface area contributed by atoms with E-state index < -0.39 is 59.0 Å². The standard InChI is InChI=1S/C51H66N6O8/c1-30(2)41(54-47(62)64-8)43(58)56-28-10-26-50(56,45(52)60)36-20-12-32(13-21-36)38-24-25-39(40(38)34-16-18-35(19-17-34)49(5,6)7)33-14-22-37(23-15-33)51(46(53)61)27-11-29-57(51)44(59)42(31(3)4)55-48(63)65-9/h12-23,30-31,38,41-42H,10-11,24-29H2,1-9H3,(H2,52,60)(H2,53,61)(H,54,62)(H,55,63)/t38?,41-,42-,50-,51-/m0/s1. The normalized spacial score (nSPS) is 21.9. The number of nitrogens with one attached hydrogen (secondary N) is 2. The van der Waals surface area contributed by atoms with Crippen molar-refractivity contribution in [3.63, 3.8) is 0 Å². The fraction of sp³-hybridized carbons (Fsp3) is 0.490. The highest BCUT2D eigenvalue weighted by molar-refractivity contribution is 5.98. The quantitative estimate of drug-likeness (QED) is 0.143. The van der Waals surface area contributed by atoms with Crippen LogP contribution in [0.3, 0.4) is 0 Å². The van der Waals surface area contributed by atoms with Crippen LogP contribution in [0.2, 0.25) is 0 Å². The highest BCUT2D eigenvalue weighted by Gasteiger charge is 2.53. The largest absolute Gasteiger partial charge is 0.453 e. The summed E-state index contributed by atoms with van der Waals surface area (Å²) in [6.45, 7) is 14.4. The minimum Gasteiger partial charge on any atom is -0.453 e. The number of amides is 6. The molecule has 0 spiro atoms. The van der Waals surface area contributed by atoms with Gasteiger partial charge in [-0.3, -0.25) is 19.2 Å². The molecular formula is C51H66N6O8. The van der Waals surface area contributed by atoms with Crippen LogP contribution < -0.4 is 22.1 Å². The molecule has 2 aliphatic heterocycles. The molecule has 2 heterocycles. The zero-order chi connectivity index (χ0) is 47.6. The van der Waals surface area contributed by atoms with Gasteiger partial charge in [0.25, 0.3) is 0 Å². The van der Waals surface area contributed by atoms with E-state index in [1.165, 1.54) is 29.6 Å². The molecule has 14 heteroatoms. The number of hydrogen-bond acceptors (Lipinski definition) is 8. The Bertz CT molecular complexity index is 2320. The molecule has 3 aromatic carbocycles. The fourth-order valence-electron chi connectivity index (χ4n) is 10.2. The second-order valence-corrected chi connectivity index (χ2v) is 19.4. The molecule has 3 aromatic rings. The summed E-state index contributed by atoms with van der Waals surface area (Å²) < 4.78 is 9.61. The Morgan fingerprint density at radius 2 is 1.06 bits per heavy atom. The number of ether oxygens (including phenoxy) is 2. The van der Waals surface area contributed by atoms with Crippen LogP contribution >= 0.6 is 0 Å². The van der Waals surface area contributed by atoms with Crippen molar-refractivity contribution in [3.8, 4) is 0 Å². The van der Waals surface area contributed by atoms with E-state index in [0.717, 1.165) is 40.7 Å². The van der Waals surface area contributed by atoms with E-state index in [0.29, 0.717) is 49.9 Å². The summed E-state index contributed by atoms with van der Waals surface area (Å²) in [6, 6.07) is 22.5. The van der Waals surface area contributed by atoms with Crippen LogP contribution in [0.4, 0.5) is 9.59 Å². The van der Waals surface area contributed by atoms with Crippen molar-refractivity contribution in [2.75, 3.05) is 27.3 Å². The summed E-state index contributed by atoms with van der Waals surface area (Å²) in [5.41, 5.74) is 17.3. The number of alkyl carbamates (subject to hydrolysis) is 2. The Kier molecular flexibility index (Phi) is 14.2. The smallest absolute Gasteiger partial charge is 0.407 e. The summed E-state index contributed by atoms with van der Waals surface area (Å²) in [4.78, 5) is 82.9. The van der Waals surface area contributed by atoms with Crippen LogP contribution in [0, 0.1) is 11.8 Å². The number of allylic oxidation sites excluding steroid dienone is 2. The number of carbonyl (C=O) groups excluding carboxylic acids is 6. The lowest BCUT2D eigenvalue weighted by Crippen LogP contribution is -2.59. The first-order valence-corrected chi connectivity index (χ1v) is 22.7. The predicted molar refractivity (Wildman–Crippen MR) is 249 cm³/mol. The molecule has 0 radical (unpaired) electrons. The van der Waals surface area contributed by atoms with Gasteiger partial charge in [-0.1, -0.05) is 121 Å². The van der Waals surface area contributed by atoms with Crippen molar-refractivity contribution in [1.29, 1.82) is 0 Å². The monoisotopic (exact) mass is 890 g/mol. The van der Waals surface area contributed by atoms with Crippen LogP contribution in [0.15, 0.2) is 72.8 Å². The molecule has 14 nitrogen and oxygen atoms in total. The molecule has 6 N–H and O–H groups in total. The van der Waals surface area contributed by atoms with E-state index in [2.05, 4.69) is 55.7 Å². The Hall–Kier alpha value is -6.18. The first kappa shape index (κ1) is 48.3. The Labute approximate surface area is 382 Å². The van der Waals surface area contributed by atoms with Gasteiger partial charge in [0.1, 0.15) is 23.2 Å². The van der Waals surface area contributed by atoms with Gasteiger partial charge in [0.15, 0.2) is 0 Å². The van der Waals surface area contributed by atoms with Crippen molar-refractivity contribution in [2.45, 2.75) is 121 Å². The van der Waals surface area contributed by atoms with Gasteiger partial charge in [0.05, 0.1) is 14.2 Å². The van der Waals surface area contributed by atoms with E-state index in [-0.39, 0.29) is 23.2 Å². The number of carbonyl (C=O) groups is 6. The molecule has 0 aromatic heterocycles. The van der Waals surface area contributed by atoms with Crippen molar-refractivity contribution in [3.05, 3.63) is 106 Å². The highest BCUT2D eigenvalue weighted by Crippen LogP contribution is 2.50. The number of rotatable bonds is 13. The number of likely N-dealkylation sites (tertiary alicyclic amines) is 2. The summed E-state index contributed by atoms with van der Waals surface area (Å²) >= 11 is 0. The van der Waals surface area contributed by atoms with Gasteiger partial charge in [-0.15, -0.1) is 0 Å². The third kappa shape index (κ3) is 9.09. The van der Waals surface area contributed by atoms with Crippen LogP contribution in [0.1, 0.15) is 126 Å². The molecule has 0 bridgehead atoms. The maximum Gasteiger partial charge on any atom is 0.407 e. The fourth-order valence-corrected chi connectivity index (χ4v) is 10.2. The van der Waals surface area contributed by atoms with Gasteiger partial charge < -0.3 is 41.4 Å². The highest BCUT2D eigenvalue weighted by atomic mass is 16.5. The SMILES string of the molecule is COC(=O)N[C@H](C(=O)N1CCC[C@@]1(C(N)=O)c1ccc(C2=C(c3ccc(C(C)(C)C)cc3)C(c3ccc([C@]4(C(N)=O)CCCN4C(=O)[C@@H](NC(=O)OC)C(C)C)cc3)CC2)cc1)C(C)C. The molecule has 2 saturated heterocycles. The molecule has 5 atom stereocenters. The number of benzene rings is 3. The van der Waals surface area contributed by atoms with E-state index in [1.807, 2.05) is 76.2 Å². The Morgan fingerprint density at radius 3 is 1.45 bits per heavy atom. The summed E-state index contributed by atoms with van der Waals surface area (Å²) in [5, 5.41) is 5.30. The van der Waals surface area contributed by atoms with Gasteiger partial charge in [0, 0.05) is 19.0 Å². The molecule has 348 valence electrons. The third-order valence-corrected chi connectivity index (χ3v) is 13.8.